The van der Waals surface area contributed by atoms with Crippen molar-refractivity contribution in [2.24, 2.45) is 0 Å². The summed E-state index contributed by atoms with van der Waals surface area (Å²) in [6.07, 6.45) is 0.277. The number of nitrogens with one attached hydrogen (secondary N) is 1. The Bertz CT molecular complexity index is 1130. The molecule has 33 heavy (non-hydrogen) atoms. The Labute approximate surface area is 195 Å². The minimum atomic E-state index is -0.0183. The smallest absolute Gasteiger partial charge is 0.251 e. The SMILES string of the molecule is Cc1cc(C)nc(-n2nc(C)c(CC(=O)NCc3ccccc3N3CCN(C)CC3)c2C)n1. The zero-order valence-electron chi connectivity index (χ0n) is 20.2. The van der Waals surface area contributed by atoms with Crippen molar-refractivity contribution < 1.29 is 4.79 Å². The first-order valence-electron chi connectivity index (χ1n) is 11.5. The molecule has 3 heterocycles. The van der Waals surface area contributed by atoms with Crippen LogP contribution in [0.1, 0.15) is 33.9 Å². The predicted molar refractivity (Wildman–Crippen MR) is 130 cm³/mol. The van der Waals surface area contributed by atoms with E-state index < -0.39 is 0 Å². The van der Waals surface area contributed by atoms with Crippen LogP contribution in [-0.2, 0) is 17.8 Å². The van der Waals surface area contributed by atoms with E-state index >= 15 is 0 Å². The average Bonchev–Trinajstić information content (AvgIpc) is 3.06. The Balaban J connectivity index is 1.45. The van der Waals surface area contributed by atoms with Crippen molar-refractivity contribution in [2.45, 2.75) is 40.7 Å². The van der Waals surface area contributed by atoms with E-state index in [0.29, 0.717) is 12.5 Å². The van der Waals surface area contributed by atoms with Gasteiger partial charge in [-0.2, -0.15) is 5.10 Å². The molecule has 0 bridgehead atoms. The van der Waals surface area contributed by atoms with Crippen molar-refractivity contribution in [3.63, 3.8) is 0 Å². The predicted octanol–water partition coefficient (Wildman–Crippen LogP) is 2.51. The number of aryl methyl sites for hydroxylation is 3. The standard InChI is InChI=1S/C25H33N7O/c1-17-14-18(2)28-25(27-17)32-20(4)22(19(3)29-32)15-24(33)26-16-21-8-6-7-9-23(21)31-12-10-30(5)11-13-31/h6-9,14H,10-13,15-16H2,1-5H3,(H,26,33). The molecule has 1 saturated heterocycles. The molecule has 0 radical (unpaired) electrons. The summed E-state index contributed by atoms with van der Waals surface area (Å²) in [7, 11) is 2.15. The van der Waals surface area contributed by atoms with Crippen LogP contribution in [0.25, 0.3) is 5.95 Å². The molecular weight excluding hydrogens is 414 g/mol. The van der Waals surface area contributed by atoms with E-state index in [2.05, 4.69) is 55.4 Å². The molecule has 3 aromatic rings. The van der Waals surface area contributed by atoms with E-state index in [1.807, 2.05) is 39.8 Å². The summed E-state index contributed by atoms with van der Waals surface area (Å²) in [4.78, 5) is 26.7. The van der Waals surface area contributed by atoms with E-state index in [0.717, 1.165) is 60.1 Å². The largest absolute Gasteiger partial charge is 0.369 e. The first-order chi connectivity index (χ1) is 15.8. The second-order valence-electron chi connectivity index (χ2n) is 8.88. The second kappa shape index (κ2) is 9.70. The van der Waals surface area contributed by atoms with E-state index in [9.17, 15) is 4.79 Å². The molecule has 1 fully saturated rings. The Hall–Kier alpha value is -3.26. The molecule has 0 aliphatic carbocycles. The second-order valence-corrected chi connectivity index (χ2v) is 8.88. The summed E-state index contributed by atoms with van der Waals surface area (Å²) >= 11 is 0. The highest BCUT2D eigenvalue weighted by Gasteiger charge is 2.19. The van der Waals surface area contributed by atoms with Crippen molar-refractivity contribution >= 4 is 11.6 Å². The molecular formula is C25H33N7O. The van der Waals surface area contributed by atoms with Crippen molar-refractivity contribution in [3.8, 4) is 5.95 Å². The molecule has 174 valence electrons. The van der Waals surface area contributed by atoms with Gasteiger partial charge in [0.05, 0.1) is 12.1 Å². The number of nitrogens with zero attached hydrogens (tertiary/aromatic N) is 6. The number of amides is 1. The van der Waals surface area contributed by atoms with Crippen LogP contribution >= 0.6 is 0 Å². The molecule has 1 amide bonds. The maximum atomic E-state index is 12.9. The topological polar surface area (TPSA) is 79.2 Å². The van der Waals surface area contributed by atoms with Gasteiger partial charge in [-0.3, -0.25) is 4.79 Å². The summed E-state index contributed by atoms with van der Waals surface area (Å²) < 4.78 is 1.74. The molecule has 1 aromatic carbocycles. The molecule has 1 aliphatic heterocycles. The quantitative estimate of drug-likeness (QED) is 0.626. The third-order valence-corrected chi connectivity index (χ3v) is 6.25. The highest BCUT2D eigenvalue weighted by Crippen LogP contribution is 2.22. The Morgan fingerprint density at radius 2 is 1.67 bits per heavy atom. The Morgan fingerprint density at radius 1 is 1.00 bits per heavy atom. The molecule has 1 N–H and O–H groups in total. The van der Waals surface area contributed by atoms with Crippen LogP contribution in [0.2, 0.25) is 0 Å². The first-order valence-corrected chi connectivity index (χ1v) is 11.5. The molecule has 8 nitrogen and oxygen atoms in total. The minimum absolute atomic E-state index is 0.0183. The van der Waals surface area contributed by atoms with Crippen LogP contribution in [-0.4, -0.2) is 63.8 Å². The normalized spacial score (nSPS) is 14.5. The van der Waals surface area contributed by atoms with Gasteiger partial charge in [0.2, 0.25) is 5.91 Å². The number of likely N-dealkylation sites (N-methyl/N-ethyl adjacent to an activating group) is 1. The monoisotopic (exact) mass is 447 g/mol. The van der Waals surface area contributed by atoms with Gasteiger partial charge in [0.1, 0.15) is 0 Å². The zero-order valence-corrected chi connectivity index (χ0v) is 20.2. The maximum Gasteiger partial charge on any atom is 0.251 e. The minimum Gasteiger partial charge on any atom is -0.369 e. The van der Waals surface area contributed by atoms with Crippen LogP contribution in [0, 0.1) is 27.7 Å². The van der Waals surface area contributed by atoms with E-state index in [-0.39, 0.29) is 12.3 Å². The van der Waals surface area contributed by atoms with Gasteiger partial charge in [0.25, 0.3) is 5.95 Å². The fourth-order valence-electron chi connectivity index (χ4n) is 4.36. The average molecular weight is 448 g/mol. The van der Waals surface area contributed by atoms with Crippen LogP contribution in [0.4, 0.5) is 5.69 Å². The third kappa shape index (κ3) is 5.22. The van der Waals surface area contributed by atoms with Gasteiger partial charge in [-0.15, -0.1) is 0 Å². The molecule has 2 aromatic heterocycles. The van der Waals surface area contributed by atoms with Gasteiger partial charge in [-0.25, -0.2) is 14.6 Å². The molecule has 0 spiro atoms. The summed E-state index contributed by atoms with van der Waals surface area (Å²) in [6.45, 7) is 12.4. The van der Waals surface area contributed by atoms with Crippen molar-refractivity contribution in [2.75, 3.05) is 38.1 Å². The molecule has 0 saturated carbocycles. The van der Waals surface area contributed by atoms with Crippen LogP contribution in [0.3, 0.4) is 0 Å². The fourth-order valence-corrected chi connectivity index (χ4v) is 4.36. The number of carbonyl (C=O) groups is 1. The first kappa shape index (κ1) is 22.9. The van der Waals surface area contributed by atoms with Gasteiger partial charge in [-0.05, 0) is 52.4 Å². The van der Waals surface area contributed by atoms with Gasteiger partial charge >= 0.3 is 0 Å². The Morgan fingerprint density at radius 3 is 2.36 bits per heavy atom. The van der Waals surface area contributed by atoms with Gasteiger partial charge < -0.3 is 15.1 Å². The van der Waals surface area contributed by atoms with Gasteiger partial charge in [-0.1, -0.05) is 18.2 Å². The number of aromatic nitrogens is 4. The fraction of sp³-hybridized carbons (Fsp3) is 0.440. The van der Waals surface area contributed by atoms with Crippen molar-refractivity contribution in [3.05, 3.63) is 64.2 Å². The number of para-hydroxylation sites is 1. The summed E-state index contributed by atoms with van der Waals surface area (Å²) in [5.41, 5.74) is 6.77. The number of carbonyl (C=O) groups excluding carboxylic acids is 1. The molecule has 4 rings (SSSR count). The number of benzene rings is 1. The number of hydrogen-bond donors (Lipinski definition) is 1. The van der Waals surface area contributed by atoms with E-state index in [1.165, 1.54) is 5.69 Å². The van der Waals surface area contributed by atoms with E-state index in [4.69, 9.17) is 0 Å². The van der Waals surface area contributed by atoms with Crippen LogP contribution in [0.5, 0.6) is 0 Å². The lowest BCUT2D eigenvalue weighted by atomic mass is 10.1. The number of hydrogen-bond acceptors (Lipinski definition) is 6. The van der Waals surface area contributed by atoms with Crippen LogP contribution < -0.4 is 10.2 Å². The van der Waals surface area contributed by atoms with Crippen LogP contribution in [0.15, 0.2) is 30.3 Å². The lowest BCUT2D eigenvalue weighted by Gasteiger charge is -2.35. The molecule has 8 heteroatoms. The lowest BCUT2D eigenvalue weighted by Crippen LogP contribution is -2.45. The van der Waals surface area contributed by atoms with Gasteiger partial charge in [0.15, 0.2) is 0 Å². The summed E-state index contributed by atoms with van der Waals surface area (Å²) in [6, 6.07) is 10.3. The van der Waals surface area contributed by atoms with E-state index in [1.54, 1.807) is 4.68 Å². The van der Waals surface area contributed by atoms with Crippen molar-refractivity contribution in [1.29, 1.82) is 0 Å². The zero-order chi connectivity index (χ0) is 23.5. The summed E-state index contributed by atoms with van der Waals surface area (Å²) in [5, 5.41) is 7.73. The third-order valence-electron chi connectivity index (χ3n) is 6.25. The summed E-state index contributed by atoms with van der Waals surface area (Å²) in [5.74, 6) is 0.524. The molecule has 0 unspecified atom stereocenters. The van der Waals surface area contributed by atoms with Gasteiger partial charge in [0, 0.05) is 61.1 Å². The molecule has 0 atom stereocenters. The van der Waals surface area contributed by atoms with Crippen molar-refractivity contribution in [1.82, 2.24) is 30.0 Å². The molecule has 1 aliphatic rings. The maximum absolute atomic E-state index is 12.9. The lowest BCUT2D eigenvalue weighted by molar-refractivity contribution is -0.120. The number of piperazine rings is 1. The highest BCUT2D eigenvalue weighted by atomic mass is 16.1. The Kier molecular flexibility index (Phi) is 6.74. The number of rotatable bonds is 6. The highest BCUT2D eigenvalue weighted by molar-refractivity contribution is 5.79. The number of anilines is 1.